The van der Waals surface area contributed by atoms with Gasteiger partial charge in [0.1, 0.15) is 17.1 Å². The average Bonchev–Trinajstić information content (AvgIpc) is 3.06. The van der Waals surface area contributed by atoms with Crippen molar-refractivity contribution in [3.05, 3.63) is 30.0 Å². The molecule has 2 atom stereocenters. The zero-order valence-electron chi connectivity index (χ0n) is 23.4. The first kappa shape index (κ1) is 28.9. The lowest BCUT2D eigenvalue weighted by molar-refractivity contribution is -0.140. The molecule has 2 aromatic rings. The van der Waals surface area contributed by atoms with Crippen LogP contribution >= 0.6 is 0 Å². The number of aliphatic hydroxyl groups excluding tert-OH is 1. The number of carbonyl (C=O) groups excluding carboxylic acids is 2. The van der Waals surface area contributed by atoms with E-state index in [-0.39, 0.29) is 41.2 Å². The Bertz CT molecular complexity index is 1290. The molecule has 1 aliphatic heterocycles. The Morgan fingerprint density at radius 3 is 2.59 bits per heavy atom. The van der Waals surface area contributed by atoms with Crippen LogP contribution in [0.4, 0.5) is 31.9 Å². The van der Waals surface area contributed by atoms with Crippen molar-refractivity contribution in [3.8, 4) is 5.75 Å². The van der Waals surface area contributed by atoms with Crippen LogP contribution in [0.3, 0.4) is 0 Å². The highest BCUT2D eigenvalue weighted by molar-refractivity contribution is 6.02. The monoisotopic (exact) mass is 573 g/mol. The number of hydrogen-bond acceptors (Lipinski definition) is 9. The van der Waals surface area contributed by atoms with Crippen molar-refractivity contribution in [2.24, 2.45) is 5.84 Å². The Labute approximate surface area is 237 Å². The van der Waals surface area contributed by atoms with Gasteiger partial charge >= 0.3 is 5.92 Å². The Morgan fingerprint density at radius 1 is 1.17 bits per heavy atom. The van der Waals surface area contributed by atoms with Gasteiger partial charge in [0.25, 0.3) is 11.8 Å². The van der Waals surface area contributed by atoms with Crippen molar-refractivity contribution in [1.29, 1.82) is 0 Å². The van der Waals surface area contributed by atoms with Gasteiger partial charge in [0, 0.05) is 18.7 Å². The van der Waals surface area contributed by atoms with Crippen LogP contribution < -0.4 is 30.7 Å². The van der Waals surface area contributed by atoms with E-state index in [4.69, 9.17) is 10.6 Å². The van der Waals surface area contributed by atoms with Crippen molar-refractivity contribution in [2.75, 3.05) is 35.5 Å². The fraction of sp³-hybridized carbons (Fsp3) is 0.571. The van der Waals surface area contributed by atoms with Crippen LogP contribution in [-0.2, 0) is 4.79 Å². The van der Waals surface area contributed by atoms with Crippen LogP contribution in [0.5, 0.6) is 5.75 Å². The van der Waals surface area contributed by atoms with E-state index >= 15 is 0 Å². The molecule has 2 fully saturated rings. The second kappa shape index (κ2) is 11.7. The molecule has 4 N–H and O–H groups in total. The number of alkyl halides is 2. The van der Waals surface area contributed by atoms with Gasteiger partial charge in [-0.05, 0) is 43.9 Å². The van der Waals surface area contributed by atoms with Crippen molar-refractivity contribution >= 4 is 35.0 Å². The molecule has 222 valence electrons. The van der Waals surface area contributed by atoms with Crippen LogP contribution in [0.1, 0.15) is 68.1 Å². The van der Waals surface area contributed by atoms with Gasteiger partial charge in [-0.1, -0.05) is 32.1 Å². The molecular weight excluding hydrogens is 536 g/mol. The Hall–Kier alpha value is -3.58. The van der Waals surface area contributed by atoms with Gasteiger partial charge in [-0.2, -0.15) is 13.8 Å². The topological polar surface area (TPSA) is 137 Å². The smallest absolute Gasteiger partial charge is 0.342 e. The molecule has 5 rings (SSSR count). The minimum absolute atomic E-state index is 0.0106. The standard InChI is InChI=1S/C28H37F2N7O4/c1-35-21-15-32-27(34-24(21)36(16-28(29,30)26(35)40)18-8-4-3-5-9-18)37(31)20-13-12-17(14-23(20)41-2)25(39)33-19-10-6-7-11-22(19)38/h12-15,18-19,22,38H,3-11,16,31H2,1-2H3,(H,33,39)/t19-,22+/m1/s1. The van der Waals surface area contributed by atoms with E-state index in [9.17, 15) is 23.5 Å². The number of hydrazine groups is 1. The summed E-state index contributed by atoms with van der Waals surface area (Å²) in [5.41, 5.74) is 0.846. The molecule has 1 aromatic carbocycles. The van der Waals surface area contributed by atoms with Crippen molar-refractivity contribution in [1.82, 2.24) is 15.3 Å². The quantitative estimate of drug-likeness (QED) is 0.351. The van der Waals surface area contributed by atoms with Crippen LogP contribution in [0.2, 0.25) is 0 Å². The molecule has 0 spiro atoms. The second-order valence-electron chi connectivity index (χ2n) is 11.1. The van der Waals surface area contributed by atoms with Crippen LogP contribution in [-0.4, -0.2) is 71.7 Å². The Morgan fingerprint density at radius 2 is 1.88 bits per heavy atom. The predicted molar refractivity (Wildman–Crippen MR) is 150 cm³/mol. The maximum absolute atomic E-state index is 15.0. The number of fused-ring (bicyclic) bond motifs is 1. The summed E-state index contributed by atoms with van der Waals surface area (Å²) in [6.45, 7) is -0.780. The maximum Gasteiger partial charge on any atom is 0.342 e. The number of rotatable bonds is 6. The van der Waals surface area contributed by atoms with E-state index in [1.54, 1.807) is 12.1 Å². The van der Waals surface area contributed by atoms with E-state index in [0.717, 1.165) is 42.0 Å². The van der Waals surface area contributed by atoms with Gasteiger partial charge in [-0.15, -0.1) is 0 Å². The number of aliphatic hydroxyl groups is 1. The summed E-state index contributed by atoms with van der Waals surface area (Å²) in [6, 6.07) is 4.18. The summed E-state index contributed by atoms with van der Waals surface area (Å²) in [6.07, 6.45) is 8.25. The predicted octanol–water partition coefficient (Wildman–Crippen LogP) is 3.28. The first-order valence-corrected chi connectivity index (χ1v) is 14.1. The summed E-state index contributed by atoms with van der Waals surface area (Å²) in [5, 5.41) is 14.3. The van der Waals surface area contributed by atoms with E-state index in [1.807, 2.05) is 0 Å². The number of hydrogen-bond donors (Lipinski definition) is 3. The molecule has 41 heavy (non-hydrogen) atoms. The first-order valence-electron chi connectivity index (χ1n) is 14.1. The van der Waals surface area contributed by atoms with E-state index in [2.05, 4.69) is 15.3 Å². The van der Waals surface area contributed by atoms with Gasteiger partial charge in [-0.3, -0.25) is 9.59 Å². The minimum atomic E-state index is -3.59. The maximum atomic E-state index is 15.0. The summed E-state index contributed by atoms with van der Waals surface area (Å²) < 4.78 is 35.5. The number of nitrogens with one attached hydrogen (secondary N) is 1. The van der Waals surface area contributed by atoms with Gasteiger partial charge < -0.3 is 25.0 Å². The third kappa shape index (κ3) is 5.78. The van der Waals surface area contributed by atoms with E-state index in [0.29, 0.717) is 36.9 Å². The zero-order chi connectivity index (χ0) is 29.3. The van der Waals surface area contributed by atoms with Crippen LogP contribution in [0.15, 0.2) is 24.4 Å². The zero-order valence-corrected chi connectivity index (χ0v) is 23.4. The number of nitrogens with zero attached hydrogens (tertiary/aromatic N) is 5. The van der Waals surface area contributed by atoms with Gasteiger partial charge in [0.05, 0.1) is 32.0 Å². The summed E-state index contributed by atoms with van der Waals surface area (Å²) in [5.74, 6) is 1.69. The fourth-order valence-electron chi connectivity index (χ4n) is 5.98. The molecule has 11 nitrogen and oxygen atoms in total. The number of carbonyl (C=O) groups is 2. The molecule has 0 bridgehead atoms. The van der Waals surface area contributed by atoms with Gasteiger partial charge in [0.2, 0.25) is 5.95 Å². The Balaban J connectivity index is 1.45. The van der Waals surface area contributed by atoms with Crippen molar-refractivity contribution in [2.45, 2.75) is 81.9 Å². The molecular formula is C28H37F2N7O4. The number of ether oxygens (including phenoxy) is 1. The average molecular weight is 574 g/mol. The molecule has 0 unspecified atom stereocenters. The second-order valence-corrected chi connectivity index (χ2v) is 11.1. The van der Waals surface area contributed by atoms with Gasteiger partial charge in [0.15, 0.2) is 5.82 Å². The molecule has 3 aliphatic rings. The molecule has 0 radical (unpaired) electrons. The van der Waals surface area contributed by atoms with Crippen molar-refractivity contribution < 1.29 is 28.2 Å². The van der Waals surface area contributed by atoms with Gasteiger partial charge in [-0.25, -0.2) is 15.8 Å². The molecule has 2 aliphatic carbocycles. The summed E-state index contributed by atoms with van der Waals surface area (Å²) in [7, 11) is 2.73. The molecule has 2 heterocycles. The lowest BCUT2D eigenvalue weighted by Gasteiger charge is -2.36. The van der Waals surface area contributed by atoms with Crippen LogP contribution in [0.25, 0.3) is 0 Å². The third-order valence-corrected chi connectivity index (χ3v) is 8.34. The summed E-state index contributed by atoms with van der Waals surface area (Å²) >= 11 is 0. The fourth-order valence-corrected chi connectivity index (χ4v) is 5.98. The van der Waals surface area contributed by atoms with E-state index in [1.165, 1.54) is 31.3 Å². The highest BCUT2D eigenvalue weighted by Gasteiger charge is 2.48. The number of methoxy groups -OCH3 is 1. The lowest BCUT2D eigenvalue weighted by Crippen LogP contribution is -2.49. The number of halogens is 2. The summed E-state index contributed by atoms with van der Waals surface area (Å²) in [4.78, 5) is 36.9. The number of nitrogens with two attached hydrogens (primary N) is 1. The number of anilines is 4. The highest BCUT2D eigenvalue weighted by Crippen LogP contribution is 2.40. The number of aromatic nitrogens is 2. The first-order chi connectivity index (χ1) is 19.6. The van der Waals surface area contributed by atoms with Crippen molar-refractivity contribution in [3.63, 3.8) is 0 Å². The molecule has 1 aromatic heterocycles. The Kier molecular flexibility index (Phi) is 8.28. The molecule has 2 saturated carbocycles. The highest BCUT2D eigenvalue weighted by atomic mass is 19.3. The normalized spacial score (nSPS) is 23.0. The van der Waals surface area contributed by atoms with Crippen LogP contribution in [0, 0.1) is 0 Å². The number of amides is 2. The molecule has 2 amide bonds. The number of benzene rings is 1. The largest absolute Gasteiger partial charge is 0.494 e. The minimum Gasteiger partial charge on any atom is -0.494 e. The molecule has 0 saturated heterocycles. The third-order valence-electron chi connectivity index (χ3n) is 8.34. The molecule has 13 heteroatoms. The van der Waals surface area contributed by atoms with E-state index < -0.39 is 24.5 Å². The SMILES string of the molecule is COc1cc(C(=O)N[C@@H]2CCCC[C@@H]2O)ccc1N(N)c1ncc2c(n1)N(C1CCCCC1)CC(F)(F)C(=O)N2C. The lowest BCUT2D eigenvalue weighted by atomic mass is 9.92.